The fraction of sp³-hybridized carbons (Fsp3) is 0.353. The third kappa shape index (κ3) is 3.14. The van der Waals surface area contributed by atoms with Gasteiger partial charge in [0, 0.05) is 12.5 Å². The van der Waals surface area contributed by atoms with E-state index in [2.05, 4.69) is 26.1 Å². The number of hydrogen-bond donors (Lipinski definition) is 3. The van der Waals surface area contributed by atoms with Gasteiger partial charge in [0.15, 0.2) is 5.69 Å². The highest BCUT2D eigenvalue weighted by molar-refractivity contribution is 6.07. The highest BCUT2D eigenvalue weighted by Gasteiger charge is 2.53. The van der Waals surface area contributed by atoms with Gasteiger partial charge in [-0.15, -0.1) is 5.10 Å². The smallest absolute Gasteiger partial charge is 0.322 e. The summed E-state index contributed by atoms with van der Waals surface area (Å²) in [5.41, 5.74) is -0.390. The van der Waals surface area contributed by atoms with Gasteiger partial charge in [-0.2, -0.15) is 9.90 Å². The van der Waals surface area contributed by atoms with Crippen molar-refractivity contribution in [1.29, 1.82) is 0 Å². The molecule has 0 aliphatic carbocycles. The molecule has 2 aromatic rings. The van der Waals surface area contributed by atoms with E-state index in [1.165, 1.54) is 11.0 Å². The van der Waals surface area contributed by atoms with Crippen molar-refractivity contribution >= 4 is 17.8 Å². The Morgan fingerprint density at radius 2 is 2.15 bits per heavy atom. The summed E-state index contributed by atoms with van der Waals surface area (Å²) in [6.07, 6.45) is 1.97. The van der Waals surface area contributed by atoms with Crippen LogP contribution in [0.25, 0.3) is 5.69 Å². The van der Waals surface area contributed by atoms with E-state index in [0.717, 1.165) is 5.69 Å². The highest BCUT2D eigenvalue weighted by Crippen LogP contribution is 2.28. The number of rotatable bonds is 5. The Morgan fingerprint density at radius 1 is 1.33 bits per heavy atom. The summed E-state index contributed by atoms with van der Waals surface area (Å²) < 4.78 is 5.35. The first-order valence-corrected chi connectivity index (χ1v) is 8.56. The van der Waals surface area contributed by atoms with Crippen molar-refractivity contribution in [3.05, 3.63) is 42.2 Å². The zero-order valence-corrected chi connectivity index (χ0v) is 14.3. The zero-order valence-electron chi connectivity index (χ0n) is 14.3. The molecule has 0 spiro atoms. The van der Waals surface area contributed by atoms with Gasteiger partial charge in [-0.1, -0.05) is 18.2 Å². The van der Waals surface area contributed by atoms with E-state index in [1.807, 2.05) is 30.3 Å². The first kappa shape index (κ1) is 17.2. The number of hydrogen-bond acceptors (Lipinski definition) is 6. The Morgan fingerprint density at radius 3 is 2.81 bits per heavy atom. The number of para-hydroxylation sites is 1. The van der Waals surface area contributed by atoms with Crippen LogP contribution >= 0.6 is 0 Å². The molecule has 0 bridgehead atoms. The summed E-state index contributed by atoms with van der Waals surface area (Å²) in [5, 5.41) is 15.8. The van der Waals surface area contributed by atoms with E-state index in [0.29, 0.717) is 19.6 Å². The van der Waals surface area contributed by atoms with Crippen molar-refractivity contribution in [2.45, 2.75) is 12.0 Å². The fourth-order valence-electron chi connectivity index (χ4n) is 3.35. The van der Waals surface area contributed by atoms with Crippen LogP contribution in [-0.2, 0) is 9.53 Å². The van der Waals surface area contributed by atoms with Gasteiger partial charge >= 0.3 is 6.03 Å². The van der Waals surface area contributed by atoms with Crippen molar-refractivity contribution in [2.24, 2.45) is 5.92 Å². The number of imide groups is 1. The lowest BCUT2D eigenvalue weighted by atomic mass is 9.83. The Hall–Kier alpha value is -3.27. The minimum absolute atomic E-state index is 0.0599. The summed E-state index contributed by atoms with van der Waals surface area (Å²) >= 11 is 0. The van der Waals surface area contributed by atoms with E-state index in [4.69, 9.17) is 4.74 Å². The molecule has 4 rings (SSSR count). The average Bonchev–Trinajstić information content (AvgIpc) is 3.41. The van der Waals surface area contributed by atoms with Crippen LogP contribution in [0.3, 0.4) is 0 Å². The maximum Gasteiger partial charge on any atom is 0.322 e. The predicted octanol–water partition coefficient (Wildman–Crippen LogP) is -0.388. The number of nitrogens with zero attached hydrogens (tertiary/aromatic N) is 3. The molecule has 2 atom stereocenters. The third-order valence-electron chi connectivity index (χ3n) is 4.83. The maximum atomic E-state index is 12.5. The second kappa shape index (κ2) is 6.80. The first-order chi connectivity index (χ1) is 13.1. The molecule has 2 aliphatic rings. The Balaban J connectivity index is 1.48. The number of aromatic nitrogens is 3. The normalized spacial score (nSPS) is 24.5. The molecule has 2 fully saturated rings. The van der Waals surface area contributed by atoms with Gasteiger partial charge in [-0.25, -0.2) is 4.79 Å². The minimum atomic E-state index is -1.22. The minimum Gasteiger partial charge on any atom is -0.381 e. The number of nitrogens with one attached hydrogen (secondary N) is 3. The van der Waals surface area contributed by atoms with Gasteiger partial charge in [-0.3, -0.25) is 14.9 Å². The van der Waals surface area contributed by atoms with Crippen molar-refractivity contribution < 1.29 is 19.1 Å². The quantitative estimate of drug-likeness (QED) is 0.615. The molecule has 1 aromatic carbocycles. The van der Waals surface area contributed by atoms with Crippen LogP contribution in [0.2, 0.25) is 0 Å². The molecule has 0 saturated carbocycles. The summed E-state index contributed by atoms with van der Waals surface area (Å²) in [6.45, 7) is 0.790. The summed E-state index contributed by atoms with van der Waals surface area (Å²) in [7, 11) is 0. The topological polar surface area (TPSA) is 127 Å². The molecular weight excluding hydrogens is 352 g/mol. The lowest BCUT2D eigenvalue weighted by Gasteiger charge is -2.31. The molecule has 0 radical (unpaired) electrons. The van der Waals surface area contributed by atoms with Crippen LogP contribution in [0, 0.1) is 5.92 Å². The number of carbonyl (C=O) groups excluding carboxylic acids is 3. The van der Waals surface area contributed by atoms with Crippen LogP contribution in [0.15, 0.2) is 36.5 Å². The van der Waals surface area contributed by atoms with E-state index in [1.54, 1.807) is 0 Å². The number of carbonyl (C=O) groups is 3. The van der Waals surface area contributed by atoms with Gasteiger partial charge in [0.25, 0.3) is 11.8 Å². The molecule has 2 saturated heterocycles. The van der Waals surface area contributed by atoms with Gasteiger partial charge in [0.2, 0.25) is 0 Å². The zero-order chi connectivity index (χ0) is 18.9. The standard InChI is InChI=1S/C17H18N6O4/c24-14(13-8-19-23(22-13)12-4-2-1-3-5-12)18-10-17(11-6-7-27-9-11)15(25)20-16(26)21-17/h1-5,8,11H,6-7,9-10H2,(H,18,24)(H2,20,21,25,26). The molecule has 2 unspecified atom stereocenters. The highest BCUT2D eigenvalue weighted by atomic mass is 16.5. The number of urea groups is 1. The Kier molecular flexibility index (Phi) is 4.32. The SMILES string of the molecule is O=C1NC(=O)C(CNC(=O)c2cnn(-c3ccccc3)n2)(C2CCOC2)N1. The number of benzene rings is 1. The second-order valence-electron chi connectivity index (χ2n) is 6.48. The molecule has 3 N–H and O–H groups in total. The molecule has 2 aliphatic heterocycles. The molecule has 140 valence electrons. The van der Waals surface area contributed by atoms with E-state index in [9.17, 15) is 14.4 Å². The van der Waals surface area contributed by atoms with Gasteiger partial charge in [0.1, 0.15) is 5.54 Å². The second-order valence-corrected chi connectivity index (χ2v) is 6.48. The van der Waals surface area contributed by atoms with Crippen LogP contribution in [0.5, 0.6) is 0 Å². The summed E-state index contributed by atoms with van der Waals surface area (Å²) in [4.78, 5) is 37.9. The van der Waals surface area contributed by atoms with Crippen molar-refractivity contribution in [1.82, 2.24) is 30.9 Å². The van der Waals surface area contributed by atoms with E-state index in [-0.39, 0.29) is 18.2 Å². The van der Waals surface area contributed by atoms with Crippen molar-refractivity contribution in [2.75, 3.05) is 19.8 Å². The molecule has 10 heteroatoms. The van der Waals surface area contributed by atoms with E-state index >= 15 is 0 Å². The Labute approximate surface area is 154 Å². The van der Waals surface area contributed by atoms with Crippen LogP contribution < -0.4 is 16.0 Å². The maximum absolute atomic E-state index is 12.5. The molecule has 27 heavy (non-hydrogen) atoms. The van der Waals surface area contributed by atoms with Gasteiger partial charge < -0.3 is 15.4 Å². The lowest BCUT2D eigenvalue weighted by Crippen LogP contribution is -2.60. The average molecular weight is 370 g/mol. The molecule has 1 aromatic heterocycles. The van der Waals surface area contributed by atoms with Gasteiger partial charge in [-0.05, 0) is 18.6 Å². The summed E-state index contributed by atoms with van der Waals surface area (Å²) in [5.74, 6) is -1.16. The van der Waals surface area contributed by atoms with Crippen LogP contribution in [0.1, 0.15) is 16.9 Å². The van der Waals surface area contributed by atoms with Crippen LogP contribution in [-0.4, -0.2) is 58.1 Å². The lowest BCUT2D eigenvalue weighted by molar-refractivity contribution is -0.125. The van der Waals surface area contributed by atoms with Crippen molar-refractivity contribution in [3.8, 4) is 5.69 Å². The fourth-order valence-corrected chi connectivity index (χ4v) is 3.35. The van der Waals surface area contributed by atoms with Crippen LogP contribution in [0.4, 0.5) is 4.79 Å². The Bertz CT molecular complexity index is 877. The molecular formula is C17H18N6O4. The van der Waals surface area contributed by atoms with Gasteiger partial charge in [0.05, 0.1) is 25.0 Å². The van der Waals surface area contributed by atoms with E-state index < -0.39 is 23.4 Å². The monoisotopic (exact) mass is 370 g/mol. The van der Waals surface area contributed by atoms with Crippen molar-refractivity contribution in [3.63, 3.8) is 0 Å². The molecule has 10 nitrogen and oxygen atoms in total. The third-order valence-corrected chi connectivity index (χ3v) is 4.83. The first-order valence-electron chi connectivity index (χ1n) is 8.56. The number of amides is 4. The number of ether oxygens (including phenoxy) is 1. The largest absolute Gasteiger partial charge is 0.381 e. The molecule has 3 heterocycles. The predicted molar refractivity (Wildman–Crippen MR) is 92.0 cm³/mol. The molecule has 4 amide bonds. The summed E-state index contributed by atoms with van der Waals surface area (Å²) in [6, 6.07) is 8.61.